The summed E-state index contributed by atoms with van der Waals surface area (Å²) < 4.78 is 25.5. The number of nitriles is 1. The molecule has 7 heteroatoms. The highest BCUT2D eigenvalue weighted by atomic mass is 19.1. The lowest BCUT2D eigenvalue weighted by molar-refractivity contribution is 0.0951. The molecule has 3 aromatic rings. The van der Waals surface area contributed by atoms with Crippen molar-refractivity contribution in [2.75, 3.05) is 6.61 Å². The second-order valence-corrected chi connectivity index (χ2v) is 6.92. The van der Waals surface area contributed by atoms with Crippen LogP contribution < -0.4 is 14.9 Å². The highest BCUT2D eigenvalue weighted by Crippen LogP contribution is 2.29. The van der Waals surface area contributed by atoms with E-state index in [1.807, 2.05) is 44.2 Å². The van der Waals surface area contributed by atoms with Gasteiger partial charge in [0, 0.05) is 0 Å². The molecule has 0 saturated heterocycles. The fraction of sp³-hybridized carbons (Fsp3) is 0.160. The van der Waals surface area contributed by atoms with E-state index in [4.69, 9.17) is 14.7 Å². The summed E-state index contributed by atoms with van der Waals surface area (Å²) in [5.41, 5.74) is 5.10. The van der Waals surface area contributed by atoms with Crippen molar-refractivity contribution in [2.45, 2.75) is 20.5 Å². The summed E-state index contributed by atoms with van der Waals surface area (Å²) in [5, 5.41) is 12.7. The molecule has 162 valence electrons. The van der Waals surface area contributed by atoms with Gasteiger partial charge in [-0.15, -0.1) is 0 Å². The van der Waals surface area contributed by atoms with Gasteiger partial charge in [-0.25, -0.2) is 9.82 Å². The number of amides is 1. The molecule has 0 spiro atoms. The molecule has 0 aliphatic carbocycles. The van der Waals surface area contributed by atoms with Gasteiger partial charge < -0.3 is 9.47 Å². The van der Waals surface area contributed by atoms with E-state index in [9.17, 15) is 9.18 Å². The summed E-state index contributed by atoms with van der Waals surface area (Å²) in [6, 6.07) is 18.8. The van der Waals surface area contributed by atoms with Crippen LogP contribution in [0.1, 0.15) is 39.5 Å². The van der Waals surface area contributed by atoms with Gasteiger partial charge in [0.1, 0.15) is 12.4 Å². The molecular weight excluding hydrogens is 409 g/mol. The molecule has 0 aliphatic heterocycles. The van der Waals surface area contributed by atoms with Crippen molar-refractivity contribution >= 4 is 12.1 Å². The molecule has 0 radical (unpaired) electrons. The number of nitrogens with one attached hydrogen (secondary N) is 1. The molecule has 0 fully saturated rings. The highest BCUT2D eigenvalue weighted by molar-refractivity contribution is 5.95. The van der Waals surface area contributed by atoms with E-state index in [-0.39, 0.29) is 11.1 Å². The molecule has 3 rings (SSSR count). The van der Waals surface area contributed by atoms with Crippen LogP contribution in [0.3, 0.4) is 0 Å². The predicted molar refractivity (Wildman–Crippen MR) is 119 cm³/mol. The largest absolute Gasteiger partial charge is 0.490 e. The van der Waals surface area contributed by atoms with Crippen LogP contribution in [0.5, 0.6) is 11.5 Å². The summed E-state index contributed by atoms with van der Waals surface area (Å²) in [7, 11) is 0. The lowest BCUT2D eigenvalue weighted by Crippen LogP contribution is -2.19. The molecule has 0 heterocycles. The number of carbonyl (C=O) groups excluding carboxylic acids is 1. The van der Waals surface area contributed by atoms with Gasteiger partial charge in [0.05, 0.1) is 30.0 Å². The molecule has 32 heavy (non-hydrogen) atoms. The van der Waals surface area contributed by atoms with Gasteiger partial charge >= 0.3 is 0 Å². The Morgan fingerprint density at radius 3 is 2.56 bits per heavy atom. The maximum atomic E-state index is 13.9. The Labute approximate surface area is 185 Å². The molecule has 0 bridgehead atoms. The first-order valence-electron chi connectivity index (χ1n) is 9.98. The van der Waals surface area contributed by atoms with Gasteiger partial charge in [0.15, 0.2) is 11.5 Å². The standard InChI is InChI=1S/C25H22FN3O3/c1-3-31-24-13-20(9-11-23(24)32-16-18-6-4-17(2)5-7-18)15-28-29-25(30)21-10-8-19(14-27)12-22(21)26/h4-13,15H,3,16H2,1-2H3,(H,29,30)/b28-15-. The lowest BCUT2D eigenvalue weighted by atomic mass is 10.1. The van der Waals surface area contributed by atoms with E-state index in [0.29, 0.717) is 30.3 Å². The Hall–Kier alpha value is -4.18. The maximum Gasteiger partial charge on any atom is 0.274 e. The fourth-order valence-corrected chi connectivity index (χ4v) is 2.83. The molecule has 3 aromatic carbocycles. The Morgan fingerprint density at radius 1 is 1.09 bits per heavy atom. The number of aryl methyl sites for hydroxylation is 1. The maximum absolute atomic E-state index is 13.9. The molecule has 0 aromatic heterocycles. The number of halogens is 1. The summed E-state index contributed by atoms with van der Waals surface area (Å²) in [5.74, 6) is -0.363. The molecular formula is C25H22FN3O3. The van der Waals surface area contributed by atoms with E-state index < -0.39 is 11.7 Å². The minimum Gasteiger partial charge on any atom is -0.490 e. The molecule has 6 nitrogen and oxygen atoms in total. The van der Waals surface area contributed by atoms with Crippen LogP contribution in [0.2, 0.25) is 0 Å². The number of benzene rings is 3. The molecule has 1 N–H and O–H groups in total. The number of nitrogens with zero attached hydrogens (tertiary/aromatic N) is 2. The Kier molecular flexibility index (Phi) is 7.55. The third kappa shape index (κ3) is 5.92. The number of hydrogen-bond donors (Lipinski definition) is 1. The van der Waals surface area contributed by atoms with Crippen molar-refractivity contribution in [3.63, 3.8) is 0 Å². The smallest absolute Gasteiger partial charge is 0.274 e. The number of ether oxygens (including phenoxy) is 2. The van der Waals surface area contributed by atoms with E-state index in [2.05, 4.69) is 10.5 Å². The average molecular weight is 431 g/mol. The number of carbonyl (C=O) groups is 1. The minimum atomic E-state index is -0.787. The SMILES string of the molecule is CCOc1cc(/C=N\NC(=O)c2ccc(C#N)cc2F)ccc1OCc1ccc(C)cc1. The molecule has 0 atom stereocenters. The van der Waals surface area contributed by atoms with Crippen molar-refractivity contribution in [1.82, 2.24) is 5.43 Å². The molecule has 0 aliphatic rings. The molecule has 0 saturated carbocycles. The topological polar surface area (TPSA) is 83.7 Å². The first kappa shape index (κ1) is 22.5. The number of hydrogen-bond acceptors (Lipinski definition) is 5. The number of hydrazone groups is 1. The predicted octanol–water partition coefficient (Wildman–Crippen LogP) is 4.75. The minimum absolute atomic E-state index is 0.135. The van der Waals surface area contributed by atoms with Crippen molar-refractivity contribution in [2.24, 2.45) is 5.10 Å². The Balaban J connectivity index is 1.66. The van der Waals surface area contributed by atoms with Crippen LogP contribution in [0.15, 0.2) is 65.8 Å². The van der Waals surface area contributed by atoms with Gasteiger partial charge in [-0.05, 0) is 61.4 Å². The second kappa shape index (κ2) is 10.7. The van der Waals surface area contributed by atoms with E-state index in [1.165, 1.54) is 23.9 Å². The zero-order chi connectivity index (χ0) is 22.9. The summed E-state index contributed by atoms with van der Waals surface area (Å²) in [6.07, 6.45) is 1.42. The fourth-order valence-electron chi connectivity index (χ4n) is 2.83. The van der Waals surface area contributed by atoms with Crippen LogP contribution in [-0.2, 0) is 6.61 Å². The van der Waals surface area contributed by atoms with E-state index in [0.717, 1.165) is 11.6 Å². The van der Waals surface area contributed by atoms with Gasteiger partial charge in [0.25, 0.3) is 5.91 Å². The second-order valence-electron chi connectivity index (χ2n) is 6.92. The third-order valence-electron chi connectivity index (χ3n) is 4.51. The molecule has 0 unspecified atom stereocenters. The Morgan fingerprint density at radius 2 is 1.88 bits per heavy atom. The quantitative estimate of drug-likeness (QED) is 0.412. The van der Waals surface area contributed by atoms with Gasteiger partial charge in [-0.1, -0.05) is 29.8 Å². The lowest BCUT2D eigenvalue weighted by Gasteiger charge is -2.13. The molecule has 1 amide bonds. The zero-order valence-corrected chi connectivity index (χ0v) is 17.8. The van der Waals surface area contributed by atoms with E-state index >= 15 is 0 Å². The summed E-state index contributed by atoms with van der Waals surface area (Å²) in [4.78, 5) is 12.1. The summed E-state index contributed by atoms with van der Waals surface area (Å²) >= 11 is 0. The number of rotatable bonds is 8. The van der Waals surface area contributed by atoms with Gasteiger partial charge in [0.2, 0.25) is 0 Å². The van der Waals surface area contributed by atoms with E-state index in [1.54, 1.807) is 18.2 Å². The zero-order valence-electron chi connectivity index (χ0n) is 17.8. The summed E-state index contributed by atoms with van der Waals surface area (Å²) in [6.45, 7) is 4.76. The van der Waals surface area contributed by atoms with Crippen molar-refractivity contribution in [1.29, 1.82) is 5.26 Å². The van der Waals surface area contributed by atoms with Crippen LogP contribution in [-0.4, -0.2) is 18.7 Å². The van der Waals surface area contributed by atoms with Crippen LogP contribution in [0.25, 0.3) is 0 Å². The first-order valence-corrected chi connectivity index (χ1v) is 9.98. The third-order valence-corrected chi connectivity index (χ3v) is 4.51. The van der Waals surface area contributed by atoms with Gasteiger partial charge in [-0.2, -0.15) is 10.4 Å². The van der Waals surface area contributed by atoms with Crippen molar-refractivity contribution in [3.05, 3.63) is 94.3 Å². The van der Waals surface area contributed by atoms with Crippen LogP contribution in [0.4, 0.5) is 4.39 Å². The van der Waals surface area contributed by atoms with Crippen LogP contribution in [0, 0.1) is 24.1 Å². The van der Waals surface area contributed by atoms with Crippen molar-refractivity contribution in [3.8, 4) is 17.6 Å². The normalized spacial score (nSPS) is 10.6. The Bertz CT molecular complexity index is 1170. The first-order chi connectivity index (χ1) is 15.5. The van der Waals surface area contributed by atoms with Crippen molar-refractivity contribution < 1.29 is 18.7 Å². The highest BCUT2D eigenvalue weighted by Gasteiger charge is 2.12. The van der Waals surface area contributed by atoms with Crippen LogP contribution >= 0.6 is 0 Å². The average Bonchev–Trinajstić information content (AvgIpc) is 2.79. The monoisotopic (exact) mass is 431 g/mol. The van der Waals surface area contributed by atoms with Gasteiger partial charge in [-0.3, -0.25) is 4.79 Å².